The van der Waals surface area contributed by atoms with Gasteiger partial charge in [0.05, 0.1) is 4.47 Å². The van der Waals surface area contributed by atoms with E-state index in [-0.39, 0.29) is 12.1 Å². The molecule has 1 aromatic rings. The number of halogens is 1. The van der Waals surface area contributed by atoms with Crippen LogP contribution in [0, 0.1) is 0 Å². The molecule has 1 heterocycles. The molecule has 0 atom stereocenters. The molecule has 1 aromatic heterocycles. The van der Waals surface area contributed by atoms with Crippen LogP contribution in [-0.4, -0.2) is 17.0 Å². The maximum Gasteiger partial charge on any atom is 0.341 e. The van der Waals surface area contributed by atoms with E-state index in [2.05, 4.69) is 15.9 Å². The number of carboxylic acids is 1. The first-order valence-corrected chi connectivity index (χ1v) is 4.49. The summed E-state index contributed by atoms with van der Waals surface area (Å²) in [5.41, 5.74) is 5.08. The highest BCUT2D eigenvalue weighted by atomic mass is 79.9. The molecule has 0 aliphatic heterocycles. The highest BCUT2D eigenvalue weighted by Crippen LogP contribution is 2.08. The highest BCUT2D eigenvalue weighted by Gasteiger charge is 2.13. The summed E-state index contributed by atoms with van der Waals surface area (Å²) in [5, 5.41) is 8.72. The predicted molar refractivity (Wildman–Crippen MR) is 50.5 cm³/mol. The Morgan fingerprint density at radius 2 is 2.14 bits per heavy atom. The fraction of sp³-hybridized carbons (Fsp3) is 0.125. The molecule has 3 N–H and O–H groups in total. The van der Waals surface area contributed by atoms with Gasteiger partial charge < -0.3 is 10.8 Å². The second-order valence-corrected chi connectivity index (χ2v) is 3.60. The quantitative estimate of drug-likeness (QED) is 0.745. The summed E-state index contributed by atoms with van der Waals surface area (Å²) >= 11 is 3.13. The Balaban J connectivity index is 3.07. The fourth-order valence-electron chi connectivity index (χ4n) is 0.986. The molecule has 74 valence electrons. The average molecular weight is 260 g/mol. The van der Waals surface area contributed by atoms with Gasteiger partial charge >= 0.3 is 5.97 Å². The largest absolute Gasteiger partial charge is 0.477 e. The lowest BCUT2D eigenvalue weighted by atomic mass is 10.3. The van der Waals surface area contributed by atoms with Gasteiger partial charge in [0.25, 0.3) is 5.91 Å². The highest BCUT2D eigenvalue weighted by molar-refractivity contribution is 9.10. The number of nitrogens with zero attached hydrogens (tertiary/aromatic N) is 1. The zero-order valence-electron chi connectivity index (χ0n) is 7.11. The topological polar surface area (TPSA) is 84.3 Å². The first-order valence-electron chi connectivity index (χ1n) is 3.70. The Morgan fingerprint density at radius 1 is 1.50 bits per heavy atom. The number of nitrogens with two attached hydrogens (primary N) is 1. The number of hydrogen-bond acceptors (Lipinski definition) is 2. The van der Waals surface area contributed by atoms with Crippen molar-refractivity contribution in [3.63, 3.8) is 0 Å². The van der Waals surface area contributed by atoms with Gasteiger partial charge in [-0.25, -0.2) is 4.79 Å². The minimum absolute atomic E-state index is 0.0419. The Hall–Kier alpha value is -1.43. The van der Waals surface area contributed by atoms with Gasteiger partial charge in [-0.1, -0.05) is 0 Å². The Bertz CT molecular complexity index is 392. The second kappa shape index (κ2) is 4.19. The third-order valence-electron chi connectivity index (χ3n) is 1.47. The van der Waals surface area contributed by atoms with Crippen LogP contribution < -0.4 is 10.3 Å². The van der Waals surface area contributed by atoms with Crippen LogP contribution in [0.25, 0.3) is 0 Å². The molecule has 0 fully saturated rings. The van der Waals surface area contributed by atoms with Crippen molar-refractivity contribution in [2.75, 3.05) is 0 Å². The summed E-state index contributed by atoms with van der Waals surface area (Å²) in [4.78, 5) is 21.2. The van der Waals surface area contributed by atoms with Crippen molar-refractivity contribution in [2.24, 2.45) is 5.73 Å². The summed E-state index contributed by atoms with van der Waals surface area (Å²) in [6.07, 6.45) is 2.93. The Morgan fingerprint density at radius 3 is 2.64 bits per heavy atom. The molecule has 0 saturated carbocycles. The molecular formula is C8H8BrN2O3+. The van der Waals surface area contributed by atoms with E-state index < -0.39 is 11.9 Å². The van der Waals surface area contributed by atoms with Crippen molar-refractivity contribution >= 4 is 27.8 Å². The van der Waals surface area contributed by atoms with Gasteiger partial charge in [0.2, 0.25) is 6.54 Å². The minimum atomic E-state index is -1.05. The zero-order valence-corrected chi connectivity index (χ0v) is 8.69. The summed E-state index contributed by atoms with van der Waals surface area (Å²) in [6.45, 7) is -0.0419. The van der Waals surface area contributed by atoms with E-state index >= 15 is 0 Å². The lowest BCUT2D eigenvalue weighted by molar-refractivity contribution is -0.684. The maximum absolute atomic E-state index is 10.6. The molecule has 0 aromatic carbocycles. The second-order valence-electron chi connectivity index (χ2n) is 2.69. The average Bonchev–Trinajstić information content (AvgIpc) is 2.01. The van der Waals surface area contributed by atoms with Gasteiger partial charge in [0.15, 0.2) is 12.4 Å². The van der Waals surface area contributed by atoms with Crippen LogP contribution in [0.3, 0.4) is 0 Å². The molecule has 14 heavy (non-hydrogen) atoms. The first kappa shape index (κ1) is 10.6. The van der Waals surface area contributed by atoms with Crippen molar-refractivity contribution in [3.8, 4) is 0 Å². The number of pyridine rings is 1. The molecule has 0 aliphatic carbocycles. The van der Waals surface area contributed by atoms with Crippen molar-refractivity contribution in [3.05, 3.63) is 28.5 Å². The predicted octanol–water partition coefficient (Wildman–Crippen LogP) is -0.0799. The van der Waals surface area contributed by atoms with Crippen molar-refractivity contribution in [1.29, 1.82) is 0 Å². The lowest BCUT2D eigenvalue weighted by Crippen LogP contribution is -2.41. The summed E-state index contributed by atoms with van der Waals surface area (Å²) < 4.78 is 1.99. The smallest absolute Gasteiger partial charge is 0.341 e. The molecule has 6 heteroatoms. The van der Waals surface area contributed by atoms with Crippen LogP contribution in [0.4, 0.5) is 0 Å². The number of primary amides is 1. The third-order valence-corrected chi connectivity index (χ3v) is 1.91. The summed E-state index contributed by atoms with van der Waals surface area (Å²) in [7, 11) is 0. The fourth-order valence-corrected chi connectivity index (χ4v) is 1.50. The molecule has 1 amide bonds. The normalized spacial score (nSPS) is 9.79. The van der Waals surface area contributed by atoms with E-state index in [4.69, 9.17) is 10.8 Å². The molecule has 0 saturated heterocycles. The van der Waals surface area contributed by atoms with Gasteiger partial charge in [-0.15, -0.1) is 0 Å². The van der Waals surface area contributed by atoms with Crippen LogP contribution in [0.5, 0.6) is 0 Å². The number of carbonyl (C=O) groups excluding carboxylic acids is 1. The summed E-state index contributed by atoms with van der Waals surface area (Å²) in [5.74, 6) is -1.58. The van der Waals surface area contributed by atoms with Crippen LogP contribution >= 0.6 is 15.9 Å². The number of aromatic carboxylic acids is 1. The number of hydrogen-bond donors (Lipinski definition) is 2. The molecular weight excluding hydrogens is 252 g/mol. The number of carbonyl (C=O) groups is 2. The molecule has 0 aliphatic rings. The molecule has 0 radical (unpaired) electrons. The van der Waals surface area contributed by atoms with E-state index in [0.717, 1.165) is 0 Å². The molecule has 5 nitrogen and oxygen atoms in total. The van der Waals surface area contributed by atoms with Crippen LogP contribution in [0.2, 0.25) is 0 Å². The van der Waals surface area contributed by atoms with E-state index in [1.807, 2.05) is 0 Å². The number of rotatable bonds is 3. The number of aromatic nitrogens is 1. The van der Waals surface area contributed by atoms with Gasteiger partial charge in [-0.05, 0) is 22.0 Å². The number of amides is 1. The van der Waals surface area contributed by atoms with Gasteiger partial charge in [0.1, 0.15) is 5.56 Å². The van der Waals surface area contributed by atoms with E-state index in [1.54, 1.807) is 6.20 Å². The Kier molecular flexibility index (Phi) is 3.19. The first-order chi connectivity index (χ1) is 6.49. The third kappa shape index (κ3) is 2.81. The van der Waals surface area contributed by atoms with Crippen LogP contribution in [-0.2, 0) is 11.3 Å². The molecule has 0 spiro atoms. The van der Waals surface area contributed by atoms with E-state index in [9.17, 15) is 9.59 Å². The van der Waals surface area contributed by atoms with Crippen molar-refractivity contribution < 1.29 is 19.3 Å². The zero-order chi connectivity index (χ0) is 10.7. The van der Waals surface area contributed by atoms with Crippen molar-refractivity contribution in [1.82, 2.24) is 0 Å². The van der Waals surface area contributed by atoms with Gasteiger partial charge in [-0.2, -0.15) is 4.57 Å². The van der Waals surface area contributed by atoms with Gasteiger partial charge in [0, 0.05) is 0 Å². The minimum Gasteiger partial charge on any atom is -0.477 e. The molecule has 1 rings (SSSR count). The van der Waals surface area contributed by atoms with Crippen molar-refractivity contribution in [2.45, 2.75) is 6.54 Å². The lowest BCUT2D eigenvalue weighted by Gasteiger charge is -1.96. The van der Waals surface area contributed by atoms with E-state index in [0.29, 0.717) is 4.47 Å². The monoisotopic (exact) mass is 259 g/mol. The Labute approximate surface area is 88.3 Å². The van der Waals surface area contributed by atoms with Crippen LogP contribution in [0.15, 0.2) is 22.9 Å². The van der Waals surface area contributed by atoms with Gasteiger partial charge in [-0.3, -0.25) is 4.79 Å². The number of carboxylic acid groups (broad SMARTS) is 1. The standard InChI is InChI=1S/C8H7BrN2O3/c9-6-1-5(8(13)14)2-11(3-6)4-7(10)12/h1-3H,4H2,(H2-,10,12,13,14)/p+1. The molecule has 0 bridgehead atoms. The maximum atomic E-state index is 10.6. The van der Waals surface area contributed by atoms with Crippen LogP contribution in [0.1, 0.15) is 10.4 Å². The summed E-state index contributed by atoms with van der Waals surface area (Å²) in [6, 6.07) is 1.44. The SMILES string of the molecule is NC(=O)C[n+]1cc(Br)cc(C(=O)O)c1. The van der Waals surface area contributed by atoms with E-state index in [1.165, 1.54) is 16.8 Å². The molecule has 0 unspecified atom stereocenters.